The Morgan fingerprint density at radius 1 is 1.16 bits per heavy atom. The Hall–Kier alpha value is -3.49. The number of ketones is 2. The SMILES string of the molecule is CC1=CC(=O)[C@@]2(C)[C@@H](c3ccc(O)c(F)c3)C3=CCn4c(=O)n(C)c(=O)n4[C@@H]3C[C@H]2C1=O. The quantitative estimate of drug-likeness (QED) is 0.680. The zero-order valence-corrected chi connectivity index (χ0v) is 17.8. The number of hydrogen-bond donors (Lipinski definition) is 1. The van der Waals surface area contributed by atoms with E-state index in [1.54, 1.807) is 19.9 Å². The second kappa shape index (κ2) is 6.51. The lowest BCUT2D eigenvalue weighted by Gasteiger charge is -2.52. The molecule has 166 valence electrons. The number of aromatic hydroxyl groups is 1. The van der Waals surface area contributed by atoms with Crippen LogP contribution in [0.15, 0.2) is 51.1 Å². The highest BCUT2D eigenvalue weighted by Crippen LogP contribution is 2.59. The largest absolute Gasteiger partial charge is 0.505 e. The number of halogens is 1. The highest BCUT2D eigenvalue weighted by atomic mass is 19.1. The van der Waals surface area contributed by atoms with Gasteiger partial charge in [-0.05, 0) is 48.3 Å². The number of rotatable bonds is 1. The molecule has 32 heavy (non-hydrogen) atoms. The maximum Gasteiger partial charge on any atom is 0.347 e. The van der Waals surface area contributed by atoms with Crippen LogP contribution in [-0.2, 0) is 23.2 Å². The Morgan fingerprint density at radius 3 is 2.56 bits per heavy atom. The van der Waals surface area contributed by atoms with Crippen LogP contribution in [-0.4, -0.2) is 30.6 Å². The maximum absolute atomic E-state index is 14.4. The van der Waals surface area contributed by atoms with Gasteiger partial charge in [-0.25, -0.2) is 27.9 Å². The number of allylic oxidation sites excluding steroid dienone is 4. The van der Waals surface area contributed by atoms with E-state index in [2.05, 4.69) is 0 Å². The molecule has 2 heterocycles. The fourth-order valence-corrected chi connectivity index (χ4v) is 5.74. The first kappa shape index (κ1) is 20.4. The first-order chi connectivity index (χ1) is 15.1. The van der Waals surface area contributed by atoms with Crippen LogP contribution in [0.5, 0.6) is 5.75 Å². The van der Waals surface area contributed by atoms with E-state index in [0.29, 0.717) is 16.7 Å². The highest BCUT2D eigenvalue weighted by molar-refractivity contribution is 6.13. The smallest absolute Gasteiger partial charge is 0.347 e. The minimum absolute atomic E-state index is 0.121. The molecule has 5 rings (SSSR count). The molecule has 1 aromatic heterocycles. The standard InChI is InChI=1S/C23H22FN3O5/c1-11-8-18(29)23(2)14(20(11)30)10-16-13(19(23)12-4-5-17(28)15(24)9-12)6-7-26-21(31)25(3)22(32)27(16)26/h4-6,8-9,14,16,19,28H,7,10H2,1-3H3/t14-,16+,19-,23-/m0/s1. The Labute approximate surface area is 181 Å². The van der Waals surface area contributed by atoms with Crippen LogP contribution in [0.4, 0.5) is 4.39 Å². The van der Waals surface area contributed by atoms with Crippen molar-refractivity contribution in [3.05, 3.63) is 73.8 Å². The number of phenols is 1. The van der Waals surface area contributed by atoms with Crippen molar-refractivity contribution in [2.75, 3.05) is 0 Å². The van der Waals surface area contributed by atoms with E-state index in [4.69, 9.17) is 0 Å². The summed E-state index contributed by atoms with van der Waals surface area (Å²) in [6.45, 7) is 3.42. The Kier molecular flexibility index (Phi) is 4.15. The molecule has 2 aliphatic carbocycles. The molecule has 0 unspecified atom stereocenters. The molecule has 1 fully saturated rings. The van der Waals surface area contributed by atoms with Gasteiger partial charge in [0.1, 0.15) is 0 Å². The molecular weight excluding hydrogens is 417 g/mol. The van der Waals surface area contributed by atoms with E-state index in [1.165, 1.54) is 40.7 Å². The van der Waals surface area contributed by atoms with Gasteiger partial charge in [-0.1, -0.05) is 19.1 Å². The maximum atomic E-state index is 14.4. The van der Waals surface area contributed by atoms with E-state index in [9.17, 15) is 28.7 Å². The van der Waals surface area contributed by atoms with Gasteiger partial charge in [-0.15, -0.1) is 0 Å². The molecule has 0 radical (unpaired) electrons. The summed E-state index contributed by atoms with van der Waals surface area (Å²) in [4.78, 5) is 52.0. The number of fused-ring (bicyclic) bond motifs is 4. The van der Waals surface area contributed by atoms with E-state index >= 15 is 0 Å². The van der Waals surface area contributed by atoms with Gasteiger partial charge in [-0.3, -0.25) is 9.59 Å². The zero-order valence-electron chi connectivity index (χ0n) is 17.8. The summed E-state index contributed by atoms with van der Waals surface area (Å²) >= 11 is 0. The van der Waals surface area contributed by atoms with E-state index in [0.717, 1.165) is 4.57 Å². The van der Waals surface area contributed by atoms with Crippen molar-refractivity contribution in [3.8, 4) is 5.75 Å². The van der Waals surface area contributed by atoms with E-state index in [1.807, 2.05) is 0 Å². The number of nitrogens with zero attached hydrogens (tertiary/aromatic N) is 3. The Balaban J connectivity index is 1.80. The first-order valence-corrected chi connectivity index (χ1v) is 10.4. The van der Waals surface area contributed by atoms with E-state index in [-0.39, 0.29) is 24.5 Å². The average Bonchev–Trinajstić information content (AvgIpc) is 2.98. The van der Waals surface area contributed by atoms with Crippen LogP contribution >= 0.6 is 0 Å². The predicted molar refractivity (Wildman–Crippen MR) is 112 cm³/mol. The van der Waals surface area contributed by atoms with Gasteiger partial charge >= 0.3 is 11.4 Å². The number of hydrogen-bond acceptors (Lipinski definition) is 5. The van der Waals surface area contributed by atoms with Gasteiger partial charge in [0.2, 0.25) is 0 Å². The Morgan fingerprint density at radius 2 is 1.88 bits per heavy atom. The molecule has 1 saturated carbocycles. The van der Waals surface area contributed by atoms with Crippen LogP contribution in [0.2, 0.25) is 0 Å². The minimum atomic E-state index is -1.19. The van der Waals surface area contributed by atoms with Crippen molar-refractivity contribution in [1.82, 2.24) is 13.9 Å². The number of aromatic nitrogens is 3. The van der Waals surface area contributed by atoms with Crippen molar-refractivity contribution in [2.45, 2.75) is 38.8 Å². The number of carbonyl (C=O) groups is 2. The van der Waals surface area contributed by atoms with Gasteiger partial charge in [0, 0.05) is 18.9 Å². The molecule has 0 saturated heterocycles. The van der Waals surface area contributed by atoms with Crippen molar-refractivity contribution >= 4 is 11.6 Å². The number of benzene rings is 1. The monoisotopic (exact) mass is 439 g/mol. The van der Waals surface area contributed by atoms with Crippen LogP contribution in [0.3, 0.4) is 0 Å². The lowest BCUT2D eigenvalue weighted by Crippen LogP contribution is -2.54. The topological polar surface area (TPSA) is 103 Å². The molecule has 3 aliphatic rings. The molecular formula is C23H22FN3O5. The van der Waals surface area contributed by atoms with Crippen LogP contribution in [0, 0.1) is 17.2 Å². The van der Waals surface area contributed by atoms with Gasteiger partial charge in [0.25, 0.3) is 0 Å². The summed E-state index contributed by atoms with van der Waals surface area (Å²) in [5.74, 6) is -3.25. The third-order valence-electron chi connectivity index (χ3n) is 7.44. The van der Waals surface area contributed by atoms with Crippen molar-refractivity contribution in [2.24, 2.45) is 18.4 Å². The van der Waals surface area contributed by atoms with Crippen molar-refractivity contribution in [3.63, 3.8) is 0 Å². The Bertz CT molecular complexity index is 1390. The van der Waals surface area contributed by atoms with Gasteiger partial charge in [-0.2, -0.15) is 0 Å². The summed E-state index contributed by atoms with van der Waals surface area (Å²) in [7, 11) is 1.39. The lowest BCUT2D eigenvalue weighted by molar-refractivity contribution is -0.139. The first-order valence-electron chi connectivity index (χ1n) is 10.4. The number of Topliss-reactive ketones (excluding diaryl/α,β-unsaturated/α-hetero) is 1. The molecule has 9 heteroatoms. The van der Waals surface area contributed by atoms with Gasteiger partial charge < -0.3 is 5.11 Å². The summed E-state index contributed by atoms with van der Waals surface area (Å²) in [6, 6.07) is 3.29. The van der Waals surface area contributed by atoms with Gasteiger partial charge in [0.15, 0.2) is 23.1 Å². The molecule has 0 amide bonds. The summed E-state index contributed by atoms with van der Waals surface area (Å²) in [6.07, 6.45) is 3.32. The molecule has 2 aromatic rings. The second-order valence-electron chi connectivity index (χ2n) is 9.04. The lowest BCUT2D eigenvalue weighted by atomic mass is 9.51. The predicted octanol–water partition coefficient (Wildman–Crippen LogP) is 1.58. The van der Waals surface area contributed by atoms with E-state index < -0.39 is 46.2 Å². The average molecular weight is 439 g/mol. The number of carbonyl (C=O) groups excluding carboxylic acids is 2. The fourth-order valence-electron chi connectivity index (χ4n) is 5.74. The molecule has 1 aromatic carbocycles. The van der Waals surface area contributed by atoms with Crippen LogP contribution in [0.25, 0.3) is 0 Å². The summed E-state index contributed by atoms with van der Waals surface area (Å²) in [5, 5.41) is 9.69. The number of phenolic OH excluding ortho intramolecular Hbond substituents is 1. The third kappa shape index (κ3) is 2.42. The molecule has 4 atom stereocenters. The molecule has 8 nitrogen and oxygen atoms in total. The molecule has 1 N–H and O–H groups in total. The zero-order chi connectivity index (χ0) is 23.1. The van der Waals surface area contributed by atoms with Crippen molar-refractivity contribution < 1.29 is 19.1 Å². The van der Waals surface area contributed by atoms with Crippen molar-refractivity contribution in [1.29, 1.82) is 0 Å². The third-order valence-corrected chi connectivity index (χ3v) is 7.44. The van der Waals surface area contributed by atoms with Crippen LogP contribution < -0.4 is 11.4 Å². The summed E-state index contributed by atoms with van der Waals surface area (Å²) < 4.78 is 18.1. The fraction of sp³-hybridized carbons (Fsp3) is 0.391. The van der Waals surface area contributed by atoms with Crippen LogP contribution in [0.1, 0.15) is 37.8 Å². The minimum Gasteiger partial charge on any atom is -0.505 e. The normalized spacial score (nSPS) is 29.1. The second-order valence-corrected chi connectivity index (χ2v) is 9.04. The summed E-state index contributed by atoms with van der Waals surface area (Å²) in [5.41, 5.74) is -0.703. The molecule has 0 bridgehead atoms. The highest BCUT2D eigenvalue weighted by Gasteiger charge is 2.59. The molecule has 1 aliphatic heterocycles. The molecule has 0 spiro atoms. The van der Waals surface area contributed by atoms with Gasteiger partial charge in [0.05, 0.1) is 18.0 Å².